The quantitative estimate of drug-likeness (QED) is 0.0359. The first-order chi connectivity index (χ1) is 36.1. The van der Waals surface area contributed by atoms with Crippen LogP contribution in [0.3, 0.4) is 0 Å². The average Bonchev–Trinajstić information content (AvgIpc) is 3.66. The highest BCUT2D eigenvalue weighted by Crippen LogP contribution is 2.26. The molecule has 76 heavy (non-hydrogen) atoms. The molecule has 2 heterocycles. The summed E-state index contributed by atoms with van der Waals surface area (Å²) in [6.45, 7) is 2.15. The number of benzene rings is 2. The second-order valence-corrected chi connectivity index (χ2v) is 19.9. The highest BCUT2D eigenvalue weighted by Gasteiger charge is 2.40. The van der Waals surface area contributed by atoms with Gasteiger partial charge in [0.2, 0.25) is 59.1 Å². The Labute approximate surface area is 443 Å². The highest BCUT2D eigenvalue weighted by atomic mass is 32.2. The lowest BCUT2D eigenvalue weighted by Crippen LogP contribution is -2.62. The van der Waals surface area contributed by atoms with Crippen LogP contribution in [0, 0.1) is 4.91 Å². The van der Waals surface area contributed by atoms with Crippen LogP contribution in [-0.4, -0.2) is 184 Å². The van der Waals surface area contributed by atoms with Crippen LogP contribution in [0.15, 0.2) is 59.8 Å². The molecule has 26 heteroatoms. The molecular weight excluding hydrogens is 1010 g/mol. The molecule has 414 valence electrons. The van der Waals surface area contributed by atoms with Crippen molar-refractivity contribution in [3.05, 3.63) is 70.6 Å². The van der Waals surface area contributed by atoms with Gasteiger partial charge in [-0.25, -0.2) is 0 Å². The molecule has 10 N–H and O–H groups in total. The molecule has 2 aromatic rings. The number of carbonyl (C=O) groups is 11. The summed E-state index contributed by atoms with van der Waals surface area (Å²) >= 11 is 1.10. The molecule has 11 amide bonds. The topological polar surface area (TPSA) is 366 Å². The zero-order valence-electron chi connectivity index (χ0n) is 43.0. The number of imide groups is 1. The molecule has 0 bridgehead atoms. The van der Waals surface area contributed by atoms with Gasteiger partial charge in [-0.1, -0.05) is 42.5 Å². The minimum atomic E-state index is -1.64. The van der Waals surface area contributed by atoms with Crippen molar-refractivity contribution in [1.82, 2.24) is 46.6 Å². The summed E-state index contributed by atoms with van der Waals surface area (Å²) < 4.78 is 0. The maximum Gasteiger partial charge on any atom is 0.308 e. The Bertz CT molecular complexity index is 2410. The number of likely N-dealkylation sites (N-methyl/N-ethyl adjacent to an activating group) is 2. The number of thioether (sulfide) groups is 1. The van der Waals surface area contributed by atoms with E-state index < -0.39 is 119 Å². The van der Waals surface area contributed by atoms with E-state index in [1.54, 1.807) is 30.3 Å². The molecule has 8 atom stereocenters. The predicted octanol–water partition coefficient (Wildman–Crippen LogP) is -1.74. The molecule has 0 aliphatic carbocycles. The van der Waals surface area contributed by atoms with Gasteiger partial charge in [0, 0.05) is 70.2 Å². The zero-order chi connectivity index (χ0) is 56.1. The number of aliphatic hydroxyl groups is 1. The normalized spacial score (nSPS) is 22.0. The van der Waals surface area contributed by atoms with Crippen molar-refractivity contribution < 1.29 is 63.0 Å². The van der Waals surface area contributed by atoms with Crippen molar-refractivity contribution in [1.29, 1.82) is 0 Å². The number of carbonyl (C=O) groups excluding carboxylic acids is 11. The number of hydrogen-bond donors (Lipinski definition) is 9. The average molecular weight is 1080 g/mol. The molecule has 2 aromatic carbocycles. The summed E-state index contributed by atoms with van der Waals surface area (Å²) in [6.07, 6.45) is -1.68. The molecule has 2 saturated heterocycles. The number of rotatable bonds is 22. The Balaban J connectivity index is 1.55. The molecule has 2 unspecified atom stereocenters. The van der Waals surface area contributed by atoms with Crippen LogP contribution in [0.25, 0.3) is 0 Å². The van der Waals surface area contributed by atoms with E-state index in [1.807, 2.05) is 0 Å². The molecule has 0 radical (unpaired) electrons. The van der Waals surface area contributed by atoms with Crippen molar-refractivity contribution in [3.63, 3.8) is 0 Å². The van der Waals surface area contributed by atoms with Crippen molar-refractivity contribution in [2.24, 2.45) is 10.9 Å². The number of phenolic OH excluding ortho intramolecular Hbond substituents is 1. The summed E-state index contributed by atoms with van der Waals surface area (Å²) in [7, 11) is 2.62. The Kier molecular flexibility index (Phi) is 24.4. The molecule has 0 spiro atoms. The maximum absolute atomic E-state index is 14.7. The number of aromatic hydroxyl groups is 1. The number of nitrogens with one attached hydrogen (secondary N) is 6. The van der Waals surface area contributed by atoms with E-state index in [4.69, 9.17) is 5.73 Å². The molecule has 2 fully saturated rings. The summed E-state index contributed by atoms with van der Waals surface area (Å²) in [5.41, 5.74) is 6.72. The van der Waals surface area contributed by atoms with Crippen LogP contribution < -0.4 is 37.6 Å². The number of hydrogen-bond acceptors (Lipinski definition) is 16. The third-order valence-electron chi connectivity index (χ3n) is 12.9. The van der Waals surface area contributed by atoms with Crippen LogP contribution in [0.2, 0.25) is 0 Å². The fraction of sp³-hybridized carbons (Fsp3) is 0.540. The van der Waals surface area contributed by atoms with E-state index in [-0.39, 0.29) is 82.5 Å². The fourth-order valence-electron chi connectivity index (χ4n) is 8.27. The van der Waals surface area contributed by atoms with E-state index in [1.165, 1.54) is 52.2 Å². The van der Waals surface area contributed by atoms with E-state index >= 15 is 0 Å². The number of nitroso groups, excluding NO2 is 1. The van der Waals surface area contributed by atoms with Gasteiger partial charge in [-0.15, -0.1) is 16.7 Å². The Morgan fingerprint density at radius 1 is 0.803 bits per heavy atom. The van der Waals surface area contributed by atoms with Crippen LogP contribution in [-0.2, 0) is 65.6 Å². The van der Waals surface area contributed by atoms with Gasteiger partial charge < -0.3 is 57.6 Å². The number of unbranched alkanes of at least 4 members (excludes halogenated alkanes) is 1. The number of phenols is 1. The standard InChI is InChI=1S/C50H69N11O14S/c1-29(44(68)58-75)59(3)41(66)20-24-76-38-27-42(67)61(50(38)74)23-10-22-52-39(64)19-18-37-47(71)55-35(25-32-14-16-33(63)17-15-32)45(69)53-28-40(65)54-34(13-8-9-21-51)46(70)57-43(30(2)62)48(72)56-36(49(73)60(37)4)26-31-11-6-5-7-12-31/h5-7,11-12,14-17,29-30,34-38,43,62-63H,8-10,13,18-28,51H2,1-4H3,(H,52,64)(H,53,69)(H,54,65)(H,55,71)(H,56,72)(H,57,70)/t29-,30+,34-,35-,36-,37-,38?,43?/m0/s1. The lowest BCUT2D eigenvalue weighted by atomic mass is 10.0. The number of nitrogens with zero attached hydrogens (tertiary/aromatic N) is 4. The fourth-order valence-corrected chi connectivity index (χ4v) is 9.38. The molecule has 0 saturated carbocycles. The first kappa shape index (κ1) is 61.2. The number of nitrogens with two attached hydrogens (primary N) is 1. The van der Waals surface area contributed by atoms with Crippen molar-refractivity contribution >= 4 is 76.7 Å². The van der Waals surface area contributed by atoms with Crippen molar-refractivity contribution in [2.45, 2.75) is 126 Å². The Morgan fingerprint density at radius 2 is 1.46 bits per heavy atom. The van der Waals surface area contributed by atoms with Crippen LogP contribution in [0.1, 0.15) is 76.3 Å². The third kappa shape index (κ3) is 18.5. The third-order valence-corrected chi connectivity index (χ3v) is 14.1. The van der Waals surface area contributed by atoms with Gasteiger partial charge in [0.05, 0.1) is 17.9 Å². The first-order valence-corrected chi connectivity index (χ1v) is 26.0. The molecule has 4 rings (SSSR count). The number of likely N-dealkylation sites (tertiary alicyclic amines) is 1. The van der Waals surface area contributed by atoms with E-state index in [9.17, 15) is 67.9 Å². The minimum Gasteiger partial charge on any atom is -0.508 e. The van der Waals surface area contributed by atoms with E-state index in [2.05, 4.69) is 37.1 Å². The maximum atomic E-state index is 14.7. The Morgan fingerprint density at radius 3 is 2.12 bits per heavy atom. The van der Waals surface area contributed by atoms with Gasteiger partial charge >= 0.3 is 5.91 Å². The van der Waals surface area contributed by atoms with Gasteiger partial charge in [0.25, 0.3) is 0 Å². The van der Waals surface area contributed by atoms with Crippen molar-refractivity contribution in [2.75, 3.05) is 46.0 Å². The van der Waals surface area contributed by atoms with Crippen LogP contribution in [0.5, 0.6) is 5.75 Å². The highest BCUT2D eigenvalue weighted by molar-refractivity contribution is 8.00. The van der Waals surface area contributed by atoms with Gasteiger partial charge in [0.1, 0.15) is 42.0 Å². The van der Waals surface area contributed by atoms with Gasteiger partial charge in [-0.2, -0.15) is 0 Å². The number of aliphatic hydroxyl groups excluding tert-OH is 1. The summed E-state index contributed by atoms with van der Waals surface area (Å²) in [5.74, 6) is -8.08. The number of amides is 11. The van der Waals surface area contributed by atoms with Crippen LogP contribution >= 0.6 is 11.8 Å². The van der Waals surface area contributed by atoms with Gasteiger partial charge in [-0.3, -0.25) is 57.6 Å². The molecule has 2 aliphatic heterocycles. The smallest absolute Gasteiger partial charge is 0.308 e. The second-order valence-electron chi connectivity index (χ2n) is 18.5. The second kappa shape index (κ2) is 30.3. The molecule has 0 aromatic heterocycles. The minimum absolute atomic E-state index is 0.0181. The predicted molar refractivity (Wildman–Crippen MR) is 276 cm³/mol. The van der Waals surface area contributed by atoms with Crippen molar-refractivity contribution in [3.8, 4) is 5.75 Å². The summed E-state index contributed by atoms with van der Waals surface area (Å²) in [5, 5.41) is 37.8. The summed E-state index contributed by atoms with van der Waals surface area (Å²) in [6, 6.07) is 5.97. The summed E-state index contributed by atoms with van der Waals surface area (Å²) in [4.78, 5) is 162. The molecular formula is C50H69N11O14S. The van der Waals surface area contributed by atoms with Gasteiger partial charge in [0.15, 0.2) is 0 Å². The van der Waals surface area contributed by atoms with Crippen LogP contribution in [0.4, 0.5) is 0 Å². The first-order valence-electron chi connectivity index (χ1n) is 25.0. The lowest BCUT2D eigenvalue weighted by molar-refractivity contribution is -0.144. The lowest BCUT2D eigenvalue weighted by Gasteiger charge is -2.33. The monoisotopic (exact) mass is 1080 g/mol. The largest absolute Gasteiger partial charge is 0.508 e. The Hall–Kier alpha value is -7.32. The SMILES string of the molecule is C[C@@H](O)C1NC(=O)[C@H](CCCCN)NC(=O)CNC(=O)[C@H](Cc2ccc(O)cc2)NC(=O)[C@H](CCC(=O)NCCCN2C(=O)CC(SCCC(=O)N(C)[C@@H](C)C(=O)N=O)C2=O)N(C)C(=O)[C@H](Cc2ccccc2)NC1=O. The van der Waals surface area contributed by atoms with E-state index in [0.717, 1.165) is 26.5 Å². The zero-order valence-corrected chi connectivity index (χ0v) is 43.8. The molecule has 25 nitrogen and oxygen atoms in total. The van der Waals surface area contributed by atoms with E-state index in [0.29, 0.717) is 24.0 Å². The molecule has 2 aliphatic rings. The van der Waals surface area contributed by atoms with Gasteiger partial charge in [-0.05, 0) is 75.8 Å².